The number of nitrogens with two attached hydrogens (primary N) is 1. The van der Waals surface area contributed by atoms with Crippen molar-refractivity contribution in [1.82, 2.24) is 0 Å². The molecule has 1 rings (SSSR count). The molecule has 102 valence electrons. The van der Waals surface area contributed by atoms with E-state index in [1.54, 1.807) is 0 Å². The second-order valence-electron chi connectivity index (χ2n) is 7.06. The molecule has 1 unspecified atom stereocenters. The first-order valence-electron chi connectivity index (χ1n) is 6.59. The van der Waals surface area contributed by atoms with Gasteiger partial charge in [-0.1, -0.05) is 53.7 Å². The first-order valence-corrected chi connectivity index (χ1v) is 7.58. The molecule has 0 fully saturated rings. The summed E-state index contributed by atoms with van der Waals surface area (Å²) in [7, 11) is 0. The van der Waals surface area contributed by atoms with Crippen molar-refractivity contribution in [3.63, 3.8) is 0 Å². The van der Waals surface area contributed by atoms with Gasteiger partial charge in [0.05, 0.1) is 0 Å². The summed E-state index contributed by atoms with van der Waals surface area (Å²) in [5.74, 6) is 0.971. The zero-order valence-corrected chi connectivity index (χ0v) is 13.4. The van der Waals surface area contributed by atoms with Gasteiger partial charge in [-0.3, -0.25) is 0 Å². The fourth-order valence-corrected chi connectivity index (χ4v) is 2.69. The third kappa shape index (κ3) is 4.66. The average molecular weight is 265 g/mol. The van der Waals surface area contributed by atoms with E-state index in [0.29, 0.717) is 0 Å². The lowest BCUT2D eigenvalue weighted by atomic mass is 9.87. The van der Waals surface area contributed by atoms with Crippen molar-refractivity contribution in [3.8, 4) is 0 Å². The quantitative estimate of drug-likeness (QED) is 0.817. The molecule has 0 radical (unpaired) electrons. The number of rotatable bonds is 3. The van der Waals surface area contributed by atoms with Gasteiger partial charge in [-0.05, 0) is 28.5 Å². The lowest BCUT2D eigenvalue weighted by Crippen LogP contribution is -2.37. The van der Waals surface area contributed by atoms with Gasteiger partial charge in [-0.25, -0.2) is 0 Å². The highest BCUT2D eigenvalue weighted by atomic mass is 32.2. The SMILES string of the molecule is CC(C)(C)c1ccc(SCC(N)C(C)(C)C)cc1. The first-order chi connectivity index (χ1) is 8.10. The van der Waals surface area contributed by atoms with Crippen LogP contribution in [0.4, 0.5) is 0 Å². The summed E-state index contributed by atoms with van der Waals surface area (Å²) in [5, 5.41) is 0. The fourth-order valence-electron chi connectivity index (χ4n) is 1.49. The largest absolute Gasteiger partial charge is 0.326 e. The van der Waals surface area contributed by atoms with E-state index in [1.807, 2.05) is 11.8 Å². The molecule has 0 heterocycles. The first kappa shape index (κ1) is 15.6. The Morgan fingerprint density at radius 1 is 1.00 bits per heavy atom. The van der Waals surface area contributed by atoms with Crippen LogP contribution in [0.3, 0.4) is 0 Å². The van der Waals surface area contributed by atoms with Crippen LogP contribution >= 0.6 is 11.8 Å². The van der Waals surface area contributed by atoms with Gasteiger partial charge < -0.3 is 5.73 Å². The van der Waals surface area contributed by atoms with Crippen molar-refractivity contribution in [3.05, 3.63) is 29.8 Å². The molecule has 1 aromatic rings. The molecule has 0 saturated heterocycles. The standard InChI is InChI=1S/C16H27NS/c1-15(2,3)12-7-9-13(10-8-12)18-11-14(17)16(4,5)6/h7-10,14H,11,17H2,1-6H3. The van der Waals surface area contributed by atoms with E-state index < -0.39 is 0 Å². The minimum Gasteiger partial charge on any atom is -0.326 e. The molecule has 1 nitrogen and oxygen atoms in total. The Labute approximate surface area is 117 Å². The van der Waals surface area contributed by atoms with Gasteiger partial charge in [0.15, 0.2) is 0 Å². The van der Waals surface area contributed by atoms with Gasteiger partial charge in [0.25, 0.3) is 0 Å². The zero-order chi connectivity index (χ0) is 14.0. The highest BCUT2D eigenvalue weighted by Crippen LogP contribution is 2.28. The van der Waals surface area contributed by atoms with Crippen LogP contribution in [0, 0.1) is 5.41 Å². The summed E-state index contributed by atoms with van der Waals surface area (Å²) in [5.41, 5.74) is 7.96. The normalized spacial score (nSPS) is 14.6. The van der Waals surface area contributed by atoms with Crippen LogP contribution in [0.5, 0.6) is 0 Å². The molecular formula is C16H27NS. The van der Waals surface area contributed by atoms with E-state index in [9.17, 15) is 0 Å². The molecule has 0 aliphatic carbocycles. The van der Waals surface area contributed by atoms with E-state index in [4.69, 9.17) is 5.73 Å². The predicted octanol–water partition coefficient (Wildman–Crippen LogP) is 4.45. The molecule has 1 atom stereocenters. The molecule has 0 spiro atoms. The highest BCUT2D eigenvalue weighted by molar-refractivity contribution is 7.99. The van der Waals surface area contributed by atoms with Gasteiger partial charge in [0.2, 0.25) is 0 Å². The Hall–Kier alpha value is -0.470. The van der Waals surface area contributed by atoms with Crippen molar-refractivity contribution in [2.24, 2.45) is 11.1 Å². The maximum Gasteiger partial charge on any atom is 0.0183 e. The summed E-state index contributed by atoms with van der Waals surface area (Å²) >= 11 is 1.85. The van der Waals surface area contributed by atoms with Crippen LogP contribution in [0.25, 0.3) is 0 Å². The minimum atomic E-state index is 0.179. The molecule has 0 bridgehead atoms. The Bertz CT molecular complexity index is 368. The van der Waals surface area contributed by atoms with Crippen LogP contribution < -0.4 is 5.73 Å². The van der Waals surface area contributed by atoms with Gasteiger partial charge in [-0.15, -0.1) is 11.8 Å². The average Bonchev–Trinajstić information content (AvgIpc) is 2.24. The molecule has 0 aliphatic heterocycles. The van der Waals surface area contributed by atoms with E-state index in [0.717, 1.165) is 5.75 Å². The van der Waals surface area contributed by atoms with Gasteiger partial charge in [0.1, 0.15) is 0 Å². The molecule has 1 aromatic carbocycles. The lowest BCUT2D eigenvalue weighted by molar-refractivity contribution is 0.344. The summed E-state index contributed by atoms with van der Waals surface area (Å²) in [4.78, 5) is 1.31. The molecule has 2 N–H and O–H groups in total. The Kier molecular flexibility index (Phi) is 4.90. The van der Waals surface area contributed by atoms with Gasteiger partial charge in [-0.2, -0.15) is 0 Å². The lowest BCUT2D eigenvalue weighted by Gasteiger charge is -2.26. The number of benzene rings is 1. The molecule has 2 heteroatoms. The number of hydrogen-bond acceptors (Lipinski definition) is 2. The van der Waals surface area contributed by atoms with Crippen molar-refractivity contribution < 1.29 is 0 Å². The fraction of sp³-hybridized carbons (Fsp3) is 0.625. The Balaban J connectivity index is 2.60. The van der Waals surface area contributed by atoms with Crippen LogP contribution in [0.2, 0.25) is 0 Å². The van der Waals surface area contributed by atoms with Crippen LogP contribution in [0.15, 0.2) is 29.2 Å². The molecule has 0 aromatic heterocycles. The van der Waals surface area contributed by atoms with Crippen molar-refractivity contribution in [2.45, 2.75) is 57.9 Å². The van der Waals surface area contributed by atoms with E-state index in [1.165, 1.54) is 10.5 Å². The molecule has 18 heavy (non-hydrogen) atoms. The van der Waals surface area contributed by atoms with Crippen molar-refractivity contribution >= 4 is 11.8 Å². The third-order valence-electron chi connectivity index (χ3n) is 3.26. The predicted molar refractivity (Wildman–Crippen MR) is 83.3 cm³/mol. The minimum absolute atomic E-state index is 0.179. The van der Waals surface area contributed by atoms with E-state index in [-0.39, 0.29) is 16.9 Å². The molecule has 0 amide bonds. The van der Waals surface area contributed by atoms with Gasteiger partial charge in [0, 0.05) is 16.7 Å². The Morgan fingerprint density at radius 3 is 1.89 bits per heavy atom. The van der Waals surface area contributed by atoms with Crippen molar-refractivity contribution in [1.29, 1.82) is 0 Å². The smallest absolute Gasteiger partial charge is 0.0183 e. The zero-order valence-electron chi connectivity index (χ0n) is 12.6. The number of hydrogen-bond donors (Lipinski definition) is 1. The molecule has 0 aliphatic rings. The van der Waals surface area contributed by atoms with Crippen LogP contribution in [0.1, 0.15) is 47.1 Å². The molecule has 0 saturated carbocycles. The second kappa shape index (κ2) is 5.66. The summed E-state index contributed by atoms with van der Waals surface area (Å²) in [6.45, 7) is 13.3. The van der Waals surface area contributed by atoms with Gasteiger partial charge >= 0.3 is 0 Å². The van der Waals surface area contributed by atoms with Crippen LogP contribution in [-0.4, -0.2) is 11.8 Å². The highest BCUT2D eigenvalue weighted by Gasteiger charge is 2.20. The maximum atomic E-state index is 6.18. The third-order valence-corrected chi connectivity index (χ3v) is 4.39. The Morgan fingerprint density at radius 2 is 1.50 bits per heavy atom. The van der Waals surface area contributed by atoms with Crippen molar-refractivity contribution in [2.75, 3.05) is 5.75 Å². The maximum absolute atomic E-state index is 6.18. The van der Waals surface area contributed by atoms with E-state index in [2.05, 4.69) is 65.8 Å². The van der Waals surface area contributed by atoms with Crippen LogP contribution in [-0.2, 0) is 5.41 Å². The topological polar surface area (TPSA) is 26.0 Å². The summed E-state index contributed by atoms with van der Waals surface area (Å²) < 4.78 is 0. The van der Waals surface area contributed by atoms with E-state index >= 15 is 0 Å². The summed E-state index contributed by atoms with van der Waals surface area (Å²) in [6.07, 6.45) is 0. The molecular weight excluding hydrogens is 238 g/mol. The second-order valence-corrected chi connectivity index (χ2v) is 8.15. The summed E-state index contributed by atoms with van der Waals surface area (Å²) in [6, 6.07) is 9.10. The number of thioether (sulfide) groups is 1. The monoisotopic (exact) mass is 265 g/mol.